The normalized spacial score (nSPS) is 11.3. The van der Waals surface area contributed by atoms with Crippen molar-refractivity contribution in [1.82, 2.24) is 4.98 Å². The molecular formula is C19H14N4O6. The van der Waals surface area contributed by atoms with E-state index < -0.39 is 15.8 Å². The Hall–Kier alpha value is -4.34. The molecule has 0 aliphatic heterocycles. The molecule has 10 nitrogen and oxygen atoms in total. The van der Waals surface area contributed by atoms with Crippen LogP contribution in [-0.4, -0.2) is 26.2 Å². The van der Waals surface area contributed by atoms with Crippen molar-refractivity contribution in [3.05, 3.63) is 85.4 Å². The van der Waals surface area contributed by atoms with Gasteiger partial charge in [-0.1, -0.05) is 18.2 Å². The average molecular weight is 394 g/mol. The van der Waals surface area contributed by atoms with Crippen LogP contribution in [0.2, 0.25) is 0 Å². The molecule has 0 aliphatic rings. The maximum absolute atomic E-state index is 11.1. The fraction of sp³-hybridized carbons (Fsp3) is 0.0526. The van der Waals surface area contributed by atoms with E-state index in [1.807, 2.05) is 0 Å². The largest absolute Gasteiger partial charge is 0.479 e. The number of aromatic nitrogens is 1. The Labute approximate surface area is 163 Å². The van der Waals surface area contributed by atoms with Gasteiger partial charge >= 0.3 is 5.95 Å². The predicted molar refractivity (Wildman–Crippen MR) is 105 cm³/mol. The van der Waals surface area contributed by atoms with Gasteiger partial charge in [-0.05, 0) is 30.2 Å². The van der Waals surface area contributed by atoms with Gasteiger partial charge in [-0.2, -0.15) is 0 Å². The first kappa shape index (κ1) is 19.4. The van der Waals surface area contributed by atoms with Crippen LogP contribution in [0.15, 0.2) is 51.9 Å². The SMILES string of the molecule is Cc1ccc(N=Cc2nc(/C=C/c3cccc([N+](=O)[O-])c3)oc2O)c([N+](=O)[O-])c1. The number of hydrogen-bond donors (Lipinski definition) is 1. The fourth-order valence-corrected chi connectivity index (χ4v) is 2.43. The second-order valence-electron chi connectivity index (χ2n) is 5.94. The number of aryl methyl sites for hydroxylation is 1. The van der Waals surface area contributed by atoms with E-state index in [4.69, 9.17) is 4.42 Å². The first-order valence-electron chi connectivity index (χ1n) is 8.25. The van der Waals surface area contributed by atoms with Crippen LogP contribution in [0.3, 0.4) is 0 Å². The van der Waals surface area contributed by atoms with Crippen molar-refractivity contribution >= 4 is 35.4 Å². The maximum Gasteiger partial charge on any atom is 0.312 e. The average Bonchev–Trinajstić information content (AvgIpc) is 3.05. The molecule has 0 bridgehead atoms. The van der Waals surface area contributed by atoms with Crippen LogP contribution in [0.4, 0.5) is 17.1 Å². The van der Waals surface area contributed by atoms with Gasteiger partial charge in [0.2, 0.25) is 5.89 Å². The minimum atomic E-state index is -0.546. The molecular weight excluding hydrogens is 380 g/mol. The summed E-state index contributed by atoms with van der Waals surface area (Å²) in [5, 5.41) is 31.8. The van der Waals surface area contributed by atoms with E-state index in [1.165, 1.54) is 42.5 Å². The van der Waals surface area contributed by atoms with Crippen LogP contribution < -0.4 is 0 Å². The van der Waals surface area contributed by atoms with Gasteiger partial charge in [0.05, 0.1) is 16.1 Å². The highest BCUT2D eigenvalue weighted by atomic mass is 16.6. The molecule has 0 atom stereocenters. The monoisotopic (exact) mass is 394 g/mol. The third kappa shape index (κ3) is 4.69. The van der Waals surface area contributed by atoms with E-state index in [0.717, 1.165) is 6.21 Å². The maximum atomic E-state index is 11.1. The van der Waals surface area contributed by atoms with Crippen LogP contribution in [0, 0.1) is 27.2 Å². The molecule has 2 aromatic carbocycles. The van der Waals surface area contributed by atoms with Crippen molar-refractivity contribution in [2.24, 2.45) is 4.99 Å². The zero-order chi connectivity index (χ0) is 21.0. The quantitative estimate of drug-likeness (QED) is 0.370. The minimum absolute atomic E-state index is 0.0152. The van der Waals surface area contributed by atoms with Gasteiger partial charge in [0.15, 0.2) is 5.69 Å². The number of nitro benzene ring substituents is 2. The Bertz CT molecular complexity index is 1150. The Balaban J connectivity index is 1.82. The van der Waals surface area contributed by atoms with E-state index in [9.17, 15) is 25.3 Å². The lowest BCUT2D eigenvalue weighted by molar-refractivity contribution is -0.384. The van der Waals surface area contributed by atoms with Gasteiger partial charge in [0, 0.05) is 24.3 Å². The summed E-state index contributed by atoms with van der Waals surface area (Å²) in [6, 6.07) is 10.5. The number of aromatic hydroxyl groups is 1. The summed E-state index contributed by atoms with van der Waals surface area (Å²) in [5.41, 5.74) is 1.12. The predicted octanol–water partition coefficient (Wildman–Crippen LogP) is 4.43. The number of nitro groups is 2. The molecule has 1 aromatic heterocycles. The van der Waals surface area contributed by atoms with Crippen LogP contribution in [0.25, 0.3) is 12.2 Å². The highest BCUT2D eigenvalue weighted by Gasteiger charge is 2.14. The van der Waals surface area contributed by atoms with E-state index >= 15 is 0 Å². The first-order chi connectivity index (χ1) is 13.8. The summed E-state index contributed by atoms with van der Waals surface area (Å²) in [6.45, 7) is 1.73. The number of rotatable bonds is 6. The molecule has 0 saturated heterocycles. The van der Waals surface area contributed by atoms with Crippen LogP contribution in [-0.2, 0) is 0 Å². The minimum Gasteiger partial charge on any atom is -0.479 e. The molecule has 3 aromatic rings. The number of nitrogens with zero attached hydrogens (tertiary/aromatic N) is 4. The highest BCUT2D eigenvalue weighted by Crippen LogP contribution is 2.28. The first-order valence-corrected chi connectivity index (χ1v) is 8.25. The van der Waals surface area contributed by atoms with Gasteiger partial charge in [-0.15, -0.1) is 0 Å². The van der Waals surface area contributed by atoms with Crippen molar-refractivity contribution in [2.75, 3.05) is 0 Å². The Morgan fingerprint density at radius 2 is 1.90 bits per heavy atom. The van der Waals surface area contributed by atoms with Crippen molar-refractivity contribution < 1.29 is 19.4 Å². The molecule has 1 heterocycles. The van der Waals surface area contributed by atoms with Crippen molar-refractivity contribution in [3.8, 4) is 5.95 Å². The second kappa shape index (κ2) is 8.13. The molecule has 10 heteroatoms. The molecule has 0 aliphatic carbocycles. The third-order valence-corrected chi connectivity index (χ3v) is 3.80. The van der Waals surface area contributed by atoms with Crippen LogP contribution in [0.1, 0.15) is 22.7 Å². The summed E-state index contributed by atoms with van der Waals surface area (Å²) in [5.74, 6) is -0.476. The third-order valence-electron chi connectivity index (χ3n) is 3.80. The molecule has 3 rings (SSSR count). The smallest absolute Gasteiger partial charge is 0.312 e. The summed E-state index contributed by atoms with van der Waals surface area (Å²) in [4.78, 5) is 28.9. The summed E-state index contributed by atoms with van der Waals surface area (Å²) in [7, 11) is 0. The number of aliphatic imine (C=N–C) groups is 1. The topological polar surface area (TPSA) is 145 Å². The number of benzene rings is 2. The van der Waals surface area contributed by atoms with Crippen molar-refractivity contribution in [1.29, 1.82) is 0 Å². The molecule has 0 saturated carbocycles. The molecule has 0 unspecified atom stereocenters. The van der Waals surface area contributed by atoms with Gasteiger partial charge in [0.1, 0.15) is 5.69 Å². The molecule has 0 spiro atoms. The Kier molecular flexibility index (Phi) is 5.44. The lowest BCUT2D eigenvalue weighted by atomic mass is 10.2. The molecule has 146 valence electrons. The van der Waals surface area contributed by atoms with Crippen LogP contribution in [0.5, 0.6) is 5.95 Å². The molecule has 0 fully saturated rings. The molecule has 1 N–H and O–H groups in total. The summed E-state index contributed by atoms with van der Waals surface area (Å²) < 4.78 is 5.10. The van der Waals surface area contributed by atoms with E-state index in [1.54, 1.807) is 19.1 Å². The van der Waals surface area contributed by atoms with Crippen LogP contribution >= 0.6 is 0 Å². The second-order valence-corrected chi connectivity index (χ2v) is 5.94. The number of hydrogen-bond acceptors (Lipinski definition) is 8. The van der Waals surface area contributed by atoms with Crippen molar-refractivity contribution in [3.63, 3.8) is 0 Å². The number of non-ortho nitro benzene ring substituents is 1. The summed E-state index contributed by atoms with van der Waals surface area (Å²) >= 11 is 0. The number of oxazole rings is 1. The highest BCUT2D eigenvalue weighted by molar-refractivity contribution is 5.84. The van der Waals surface area contributed by atoms with Gasteiger partial charge in [0.25, 0.3) is 11.4 Å². The lowest BCUT2D eigenvalue weighted by Gasteiger charge is -1.98. The van der Waals surface area contributed by atoms with Crippen molar-refractivity contribution in [2.45, 2.75) is 6.92 Å². The standard InChI is InChI=1S/C19H14N4O6/c1-12-5-7-15(17(9-12)23(27)28)20-11-16-19(24)29-18(21-16)8-6-13-3-2-4-14(10-13)22(25)26/h2-11,24H,1H3/b8-6+,20-11?. The van der Waals surface area contributed by atoms with Gasteiger partial charge in [-0.25, -0.2) is 9.98 Å². The Morgan fingerprint density at radius 3 is 2.62 bits per heavy atom. The summed E-state index contributed by atoms with van der Waals surface area (Å²) in [6.07, 6.45) is 4.11. The zero-order valence-corrected chi connectivity index (χ0v) is 15.1. The van der Waals surface area contributed by atoms with E-state index in [0.29, 0.717) is 11.1 Å². The molecule has 0 radical (unpaired) electrons. The molecule has 29 heavy (non-hydrogen) atoms. The van der Waals surface area contributed by atoms with Gasteiger partial charge in [-0.3, -0.25) is 20.2 Å². The zero-order valence-electron chi connectivity index (χ0n) is 15.1. The van der Waals surface area contributed by atoms with Gasteiger partial charge < -0.3 is 9.52 Å². The lowest BCUT2D eigenvalue weighted by Crippen LogP contribution is -1.90. The van der Waals surface area contributed by atoms with E-state index in [-0.39, 0.29) is 28.6 Å². The fourth-order valence-electron chi connectivity index (χ4n) is 2.43. The molecule has 0 amide bonds. The Morgan fingerprint density at radius 1 is 1.10 bits per heavy atom. The van der Waals surface area contributed by atoms with E-state index in [2.05, 4.69) is 9.98 Å².